The van der Waals surface area contributed by atoms with Crippen molar-refractivity contribution < 1.29 is 5.11 Å². The van der Waals surface area contributed by atoms with Gasteiger partial charge in [-0.25, -0.2) is 0 Å². The van der Waals surface area contributed by atoms with Crippen molar-refractivity contribution in [2.45, 2.75) is 6.42 Å². The largest absolute Gasteiger partial charge is 0.872 e. The Morgan fingerprint density at radius 3 is 2.39 bits per heavy atom. The zero-order valence-electron chi connectivity index (χ0n) is 9.81. The summed E-state index contributed by atoms with van der Waals surface area (Å²) in [5.41, 5.74) is 17.7. The molecule has 0 saturated carbocycles. The topological polar surface area (TPSA) is 75.1 Å². The maximum Gasteiger partial charge on any atom is 0.0433 e. The van der Waals surface area contributed by atoms with E-state index in [9.17, 15) is 5.11 Å². The van der Waals surface area contributed by atoms with Crippen molar-refractivity contribution in [2.75, 3.05) is 5.73 Å². The second-order valence-electron chi connectivity index (χ2n) is 4.51. The molecule has 0 atom stereocenters. The van der Waals surface area contributed by atoms with E-state index < -0.39 is 0 Å². The molecule has 3 rings (SSSR count). The fourth-order valence-electron chi connectivity index (χ4n) is 2.36. The van der Waals surface area contributed by atoms with E-state index in [2.05, 4.69) is 0 Å². The van der Waals surface area contributed by atoms with Crippen LogP contribution in [0, 0.1) is 0 Å². The normalized spacial score (nSPS) is 13.8. The van der Waals surface area contributed by atoms with Gasteiger partial charge in [0.1, 0.15) is 0 Å². The van der Waals surface area contributed by atoms with E-state index >= 15 is 0 Å². The van der Waals surface area contributed by atoms with Crippen molar-refractivity contribution >= 4 is 17.0 Å². The molecule has 0 heterocycles. The van der Waals surface area contributed by atoms with E-state index in [4.69, 9.17) is 11.5 Å². The van der Waals surface area contributed by atoms with Crippen LogP contribution in [-0.4, -0.2) is 0 Å². The number of nitrogens with two attached hydrogens (primary N) is 2. The van der Waals surface area contributed by atoms with E-state index in [1.54, 1.807) is 12.1 Å². The molecule has 2 aromatic carbocycles. The lowest BCUT2D eigenvalue weighted by Crippen LogP contribution is -1.97. The fourth-order valence-corrected chi connectivity index (χ4v) is 2.36. The lowest BCUT2D eigenvalue weighted by atomic mass is 10.0. The summed E-state index contributed by atoms with van der Waals surface area (Å²) in [4.78, 5) is 0. The standard InChI is InChI=1S/C15H14N2O/c16-11-4-1-10-7-13(15(17)14(10)8-11)9-2-5-12(18)6-3-9/h1-6,8,18H,7,16-17H2/p-1. The van der Waals surface area contributed by atoms with Crippen LogP contribution < -0.4 is 16.6 Å². The van der Waals surface area contributed by atoms with Gasteiger partial charge in [-0.2, -0.15) is 0 Å². The molecule has 0 aromatic heterocycles. The molecule has 2 aromatic rings. The Morgan fingerprint density at radius 1 is 0.944 bits per heavy atom. The summed E-state index contributed by atoms with van der Waals surface area (Å²) in [5, 5.41) is 11.1. The molecule has 0 amide bonds. The molecular weight excluding hydrogens is 224 g/mol. The molecule has 1 aliphatic carbocycles. The molecule has 0 saturated heterocycles. The second kappa shape index (κ2) is 3.81. The highest BCUT2D eigenvalue weighted by molar-refractivity contribution is 5.96. The van der Waals surface area contributed by atoms with Crippen LogP contribution in [-0.2, 0) is 6.42 Å². The minimum Gasteiger partial charge on any atom is -0.872 e. The zero-order chi connectivity index (χ0) is 12.7. The van der Waals surface area contributed by atoms with E-state index in [0.29, 0.717) is 5.69 Å². The Morgan fingerprint density at radius 2 is 1.67 bits per heavy atom. The monoisotopic (exact) mass is 237 g/mol. The van der Waals surface area contributed by atoms with Gasteiger partial charge in [0.05, 0.1) is 0 Å². The van der Waals surface area contributed by atoms with Crippen LogP contribution in [0.4, 0.5) is 5.69 Å². The van der Waals surface area contributed by atoms with E-state index in [0.717, 1.165) is 28.8 Å². The number of allylic oxidation sites excluding steroid dienone is 1. The fraction of sp³-hybridized carbons (Fsp3) is 0.0667. The highest BCUT2D eigenvalue weighted by atomic mass is 16.3. The van der Waals surface area contributed by atoms with Gasteiger partial charge in [-0.1, -0.05) is 30.3 Å². The second-order valence-corrected chi connectivity index (χ2v) is 4.51. The smallest absolute Gasteiger partial charge is 0.0433 e. The Labute approximate surface area is 105 Å². The molecule has 3 nitrogen and oxygen atoms in total. The Balaban J connectivity index is 2.08. The third-order valence-electron chi connectivity index (χ3n) is 3.32. The van der Waals surface area contributed by atoms with Crippen molar-refractivity contribution in [3.05, 3.63) is 59.2 Å². The van der Waals surface area contributed by atoms with Crippen molar-refractivity contribution in [2.24, 2.45) is 5.73 Å². The predicted octanol–water partition coefficient (Wildman–Crippen LogP) is 1.73. The minimum atomic E-state index is 0.0117. The van der Waals surface area contributed by atoms with Gasteiger partial charge in [-0.3, -0.25) is 0 Å². The summed E-state index contributed by atoms with van der Waals surface area (Å²) >= 11 is 0. The highest BCUT2D eigenvalue weighted by Crippen LogP contribution is 2.36. The van der Waals surface area contributed by atoms with Gasteiger partial charge < -0.3 is 16.6 Å². The number of anilines is 1. The van der Waals surface area contributed by atoms with Crippen molar-refractivity contribution in [3.8, 4) is 5.75 Å². The third-order valence-corrected chi connectivity index (χ3v) is 3.32. The zero-order valence-corrected chi connectivity index (χ0v) is 9.81. The maximum absolute atomic E-state index is 11.1. The molecule has 18 heavy (non-hydrogen) atoms. The van der Waals surface area contributed by atoms with Gasteiger partial charge in [0.2, 0.25) is 0 Å². The third kappa shape index (κ3) is 1.61. The molecule has 4 N–H and O–H groups in total. The first-order valence-electron chi connectivity index (χ1n) is 5.80. The van der Waals surface area contributed by atoms with Gasteiger partial charge in [-0.15, -0.1) is 5.75 Å². The molecule has 0 unspecified atom stereocenters. The van der Waals surface area contributed by atoms with Crippen molar-refractivity contribution in [1.82, 2.24) is 0 Å². The lowest BCUT2D eigenvalue weighted by molar-refractivity contribution is -0.268. The Kier molecular flexibility index (Phi) is 2.27. The van der Waals surface area contributed by atoms with Crippen molar-refractivity contribution in [3.63, 3.8) is 0 Å². The van der Waals surface area contributed by atoms with E-state index in [-0.39, 0.29) is 5.75 Å². The van der Waals surface area contributed by atoms with Crippen LogP contribution in [0.2, 0.25) is 0 Å². The van der Waals surface area contributed by atoms with Gasteiger partial charge >= 0.3 is 0 Å². The summed E-state index contributed by atoms with van der Waals surface area (Å²) in [7, 11) is 0. The van der Waals surface area contributed by atoms with Crippen LogP contribution in [0.3, 0.4) is 0 Å². The predicted molar refractivity (Wildman–Crippen MR) is 71.4 cm³/mol. The Hall–Kier alpha value is -2.42. The van der Waals surface area contributed by atoms with Crippen LogP contribution >= 0.6 is 0 Å². The van der Waals surface area contributed by atoms with Gasteiger partial charge in [0, 0.05) is 23.4 Å². The molecule has 90 valence electrons. The molecular formula is C15H13N2O-. The molecule has 0 aliphatic heterocycles. The lowest BCUT2D eigenvalue weighted by Gasteiger charge is -2.08. The van der Waals surface area contributed by atoms with Crippen LogP contribution in [0.15, 0.2) is 42.5 Å². The van der Waals surface area contributed by atoms with Crippen LogP contribution in [0.25, 0.3) is 11.3 Å². The van der Waals surface area contributed by atoms with E-state index in [1.807, 2.05) is 30.3 Å². The molecule has 0 bridgehead atoms. The first kappa shape index (κ1) is 10.7. The number of benzene rings is 2. The number of fused-ring (bicyclic) bond motifs is 1. The summed E-state index contributed by atoms with van der Waals surface area (Å²) in [6, 6.07) is 12.6. The summed E-state index contributed by atoms with van der Waals surface area (Å²) < 4.78 is 0. The van der Waals surface area contributed by atoms with Crippen molar-refractivity contribution in [1.29, 1.82) is 0 Å². The summed E-state index contributed by atoms with van der Waals surface area (Å²) in [6.45, 7) is 0. The minimum absolute atomic E-state index is 0.0117. The number of rotatable bonds is 1. The molecule has 0 fully saturated rings. The first-order valence-corrected chi connectivity index (χ1v) is 5.80. The molecule has 1 aliphatic rings. The molecule has 0 spiro atoms. The first-order chi connectivity index (χ1) is 8.65. The summed E-state index contributed by atoms with van der Waals surface area (Å²) in [6.07, 6.45) is 0.791. The van der Waals surface area contributed by atoms with Gasteiger partial charge in [0.25, 0.3) is 0 Å². The number of hydrogen-bond donors (Lipinski definition) is 2. The van der Waals surface area contributed by atoms with Crippen LogP contribution in [0.5, 0.6) is 5.75 Å². The van der Waals surface area contributed by atoms with Gasteiger partial charge in [0.15, 0.2) is 0 Å². The SMILES string of the molecule is NC1=C(c2ccc([O-])cc2)Cc2ccc(N)cc21. The average molecular weight is 237 g/mol. The Bertz CT molecular complexity index is 642. The number of hydrogen-bond acceptors (Lipinski definition) is 3. The summed E-state index contributed by atoms with van der Waals surface area (Å²) in [5.74, 6) is 0.0117. The molecule has 0 radical (unpaired) electrons. The van der Waals surface area contributed by atoms with Crippen LogP contribution in [0.1, 0.15) is 16.7 Å². The highest BCUT2D eigenvalue weighted by Gasteiger charge is 2.20. The molecule has 3 heteroatoms. The number of nitrogen functional groups attached to an aromatic ring is 1. The van der Waals surface area contributed by atoms with Gasteiger partial charge in [-0.05, 0) is 28.8 Å². The average Bonchev–Trinajstić information content (AvgIpc) is 2.68. The maximum atomic E-state index is 11.1. The van der Waals surface area contributed by atoms with E-state index in [1.165, 1.54) is 5.56 Å². The quantitative estimate of drug-likeness (QED) is 0.741.